The summed E-state index contributed by atoms with van der Waals surface area (Å²) in [5, 5.41) is 13.6. The number of methoxy groups -OCH3 is 1. The first kappa shape index (κ1) is 15.8. The van der Waals surface area contributed by atoms with Crippen LogP contribution in [-0.2, 0) is 6.54 Å². The van der Waals surface area contributed by atoms with E-state index < -0.39 is 0 Å². The Hall–Kier alpha value is -2.61. The molecular formula is C17H19N3O2. The third kappa shape index (κ3) is 3.17. The number of hydrogen-bond donors (Lipinski definition) is 0. The highest BCUT2D eigenvalue weighted by Crippen LogP contribution is 2.29. The monoisotopic (exact) mass is 297 g/mol. The molecular weight excluding hydrogens is 278 g/mol. The molecule has 114 valence electrons. The van der Waals surface area contributed by atoms with Gasteiger partial charge < -0.3 is 4.74 Å². The first-order valence-electron chi connectivity index (χ1n) is 7.28. The minimum Gasteiger partial charge on any atom is -0.496 e. The minimum atomic E-state index is -0.341. The maximum Gasteiger partial charge on any atom is 0.284 e. The molecule has 1 aromatic carbocycles. The second kappa shape index (κ2) is 6.90. The van der Waals surface area contributed by atoms with Crippen LogP contribution in [0.1, 0.15) is 30.9 Å². The Morgan fingerprint density at radius 1 is 1.36 bits per heavy atom. The van der Waals surface area contributed by atoms with E-state index in [1.165, 1.54) is 10.7 Å². The SMILES string of the molecule is CCCCn1nc(-c2cc(C)ccc2OC)cc(C#N)c1=O. The van der Waals surface area contributed by atoms with E-state index in [0.717, 1.165) is 24.0 Å². The van der Waals surface area contributed by atoms with Crippen molar-refractivity contribution in [1.82, 2.24) is 9.78 Å². The zero-order valence-electron chi connectivity index (χ0n) is 13.1. The molecule has 0 saturated heterocycles. The molecule has 5 nitrogen and oxygen atoms in total. The molecule has 2 rings (SSSR count). The van der Waals surface area contributed by atoms with Crippen LogP contribution in [0.15, 0.2) is 29.1 Å². The van der Waals surface area contributed by atoms with Gasteiger partial charge in [-0.1, -0.05) is 25.0 Å². The van der Waals surface area contributed by atoms with Gasteiger partial charge in [-0.25, -0.2) is 4.68 Å². The zero-order valence-corrected chi connectivity index (χ0v) is 13.1. The fourth-order valence-electron chi connectivity index (χ4n) is 2.23. The number of ether oxygens (including phenoxy) is 1. The molecule has 0 bridgehead atoms. The van der Waals surface area contributed by atoms with Gasteiger partial charge in [0.1, 0.15) is 17.4 Å². The number of rotatable bonds is 5. The van der Waals surface area contributed by atoms with Crippen molar-refractivity contribution in [3.05, 3.63) is 45.7 Å². The van der Waals surface area contributed by atoms with Gasteiger partial charge in [0.25, 0.3) is 5.56 Å². The summed E-state index contributed by atoms with van der Waals surface area (Å²) in [6.45, 7) is 4.52. The Bertz CT molecular complexity index is 772. The normalized spacial score (nSPS) is 10.3. The summed E-state index contributed by atoms with van der Waals surface area (Å²) in [6, 6.07) is 9.24. The van der Waals surface area contributed by atoms with Gasteiger partial charge in [-0.05, 0) is 31.5 Å². The Labute approximate surface area is 129 Å². The van der Waals surface area contributed by atoms with Gasteiger partial charge in [0.2, 0.25) is 0 Å². The van der Waals surface area contributed by atoms with Crippen molar-refractivity contribution in [1.29, 1.82) is 5.26 Å². The molecule has 2 aromatic rings. The van der Waals surface area contributed by atoms with Crippen LogP contribution in [0.25, 0.3) is 11.3 Å². The quantitative estimate of drug-likeness (QED) is 0.851. The van der Waals surface area contributed by atoms with E-state index in [-0.39, 0.29) is 11.1 Å². The Kier molecular flexibility index (Phi) is 4.95. The molecule has 0 aliphatic carbocycles. The van der Waals surface area contributed by atoms with Crippen LogP contribution in [0.5, 0.6) is 5.75 Å². The van der Waals surface area contributed by atoms with E-state index in [1.807, 2.05) is 38.1 Å². The van der Waals surface area contributed by atoms with Crippen molar-refractivity contribution in [2.45, 2.75) is 33.2 Å². The van der Waals surface area contributed by atoms with E-state index in [9.17, 15) is 10.1 Å². The van der Waals surface area contributed by atoms with Crippen LogP contribution >= 0.6 is 0 Å². The lowest BCUT2D eigenvalue weighted by atomic mass is 10.1. The van der Waals surface area contributed by atoms with Gasteiger partial charge in [0.15, 0.2) is 0 Å². The summed E-state index contributed by atoms with van der Waals surface area (Å²) in [7, 11) is 1.59. The third-order valence-corrected chi connectivity index (χ3v) is 3.45. The molecule has 0 spiro atoms. The highest BCUT2D eigenvalue weighted by Gasteiger charge is 2.13. The van der Waals surface area contributed by atoms with Gasteiger partial charge in [-0.2, -0.15) is 10.4 Å². The van der Waals surface area contributed by atoms with Crippen LogP contribution in [0, 0.1) is 18.3 Å². The van der Waals surface area contributed by atoms with Gasteiger partial charge in [-0.15, -0.1) is 0 Å². The molecule has 5 heteroatoms. The fourth-order valence-corrected chi connectivity index (χ4v) is 2.23. The molecule has 1 aromatic heterocycles. The molecule has 0 amide bonds. The standard InChI is InChI=1S/C17H19N3O2/c1-4-5-8-20-17(21)13(11-18)10-15(19-20)14-9-12(2)6-7-16(14)22-3/h6-7,9-10H,4-5,8H2,1-3H3. The molecule has 0 saturated carbocycles. The van der Waals surface area contributed by atoms with Gasteiger partial charge >= 0.3 is 0 Å². The van der Waals surface area contributed by atoms with Crippen molar-refractivity contribution in [2.75, 3.05) is 7.11 Å². The molecule has 0 aliphatic rings. The molecule has 0 fully saturated rings. The lowest BCUT2D eigenvalue weighted by Gasteiger charge is -2.11. The fraction of sp³-hybridized carbons (Fsp3) is 0.353. The highest BCUT2D eigenvalue weighted by molar-refractivity contribution is 5.68. The Morgan fingerprint density at radius 2 is 2.14 bits per heavy atom. The summed E-state index contributed by atoms with van der Waals surface area (Å²) >= 11 is 0. The summed E-state index contributed by atoms with van der Waals surface area (Å²) in [6.07, 6.45) is 1.79. The molecule has 0 radical (unpaired) electrons. The van der Waals surface area contributed by atoms with Crippen molar-refractivity contribution in [2.24, 2.45) is 0 Å². The van der Waals surface area contributed by atoms with E-state index in [1.54, 1.807) is 7.11 Å². The van der Waals surface area contributed by atoms with Gasteiger partial charge in [-0.3, -0.25) is 4.79 Å². The maximum atomic E-state index is 12.2. The number of aromatic nitrogens is 2. The number of aryl methyl sites for hydroxylation is 2. The topological polar surface area (TPSA) is 67.9 Å². The number of unbranched alkanes of at least 4 members (excludes halogenated alkanes) is 1. The molecule has 0 atom stereocenters. The van der Waals surface area contributed by atoms with E-state index in [4.69, 9.17) is 4.74 Å². The highest BCUT2D eigenvalue weighted by atomic mass is 16.5. The number of benzene rings is 1. The van der Waals surface area contributed by atoms with Crippen molar-refractivity contribution in [3.63, 3.8) is 0 Å². The van der Waals surface area contributed by atoms with Gasteiger partial charge in [0, 0.05) is 12.1 Å². The second-order valence-corrected chi connectivity index (χ2v) is 5.14. The average Bonchev–Trinajstić information content (AvgIpc) is 2.53. The average molecular weight is 297 g/mol. The lowest BCUT2D eigenvalue weighted by Crippen LogP contribution is -2.25. The minimum absolute atomic E-state index is 0.102. The largest absolute Gasteiger partial charge is 0.496 e. The molecule has 0 N–H and O–H groups in total. The molecule has 1 heterocycles. The predicted molar refractivity (Wildman–Crippen MR) is 84.8 cm³/mol. The van der Waals surface area contributed by atoms with Crippen molar-refractivity contribution < 1.29 is 4.74 Å². The van der Waals surface area contributed by atoms with Crippen LogP contribution in [0.3, 0.4) is 0 Å². The van der Waals surface area contributed by atoms with E-state index in [0.29, 0.717) is 18.0 Å². The first-order valence-corrected chi connectivity index (χ1v) is 7.28. The summed E-state index contributed by atoms with van der Waals surface area (Å²) in [5.74, 6) is 0.669. The first-order chi connectivity index (χ1) is 10.6. The van der Waals surface area contributed by atoms with E-state index in [2.05, 4.69) is 5.10 Å². The summed E-state index contributed by atoms with van der Waals surface area (Å²) in [5.41, 5.74) is 2.18. The van der Waals surface area contributed by atoms with Crippen LogP contribution in [-0.4, -0.2) is 16.9 Å². The lowest BCUT2D eigenvalue weighted by molar-refractivity contribution is 0.416. The van der Waals surface area contributed by atoms with Crippen LogP contribution in [0.2, 0.25) is 0 Å². The predicted octanol–water partition coefficient (Wildman–Crippen LogP) is 2.90. The summed E-state index contributed by atoms with van der Waals surface area (Å²) < 4.78 is 6.74. The number of hydrogen-bond acceptors (Lipinski definition) is 4. The zero-order chi connectivity index (χ0) is 16.1. The van der Waals surface area contributed by atoms with Crippen LogP contribution < -0.4 is 10.3 Å². The third-order valence-electron chi connectivity index (χ3n) is 3.45. The maximum absolute atomic E-state index is 12.2. The molecule has 0 aliphatic heterocycles. The smallest absolute Gasteiger partial charge is 0.284 e. The second-order valence-electron chi connectivity index (χ2n) is 5.14. The molecule has 0 unspecified atom stereocenters. The summed E-state index contributed by atoms with van der Waals surface area (Å²) in [4.78, 5) is 12.2. The van der Waals surface area contributed by atoms with Gasteiger partial charge in [0.05, 0.1) is 12.8 Å². The number of nitriles is 1. The van der Waals surface area contributed by atoms with Crippen LogP contribution in [0.4, 0.5) is 0 Å². The Morgan fingerprint density at radius 3 is 2.77 bits per heavy atom. The molecule has 22 heavy (non-hydrogen) atoms. The van der Waals surface area contributed by atoms with E-state index >= 15 is 0 Å². The number of nitrogens with zero attached hydrogens (tertiary/aromatic N) is 3. The van der Waals surface area contributed by atoms with Crippen molar-refractivity contribution >= 4 is 0 Å². The van der Waals surface area contributed by atoms with Crippen molar-refractivity contribution in [3.8, 4) is 23.1 Å². The Balaban J connectivity index is 2.63.